The van der Waals surface area contributed by atoms with Gasteiger partial charge >= 0.3 is 0 Å². The second-order valence-electron chi connectivity index (χ2n) is 25.3. The van der Waals surface area contributed by atoms with Crippen LogP contribution in [0.5, 0.6) is 0 Å². The molecule has 0 radical (unpaired) electrons. The van der Waals surface area contributed by atoms with Crippen LogP contribution in [0.15, 0.2) is 85.1 Å². The Kier molecular flexibility index (Phi) is 54.5. The molecule has 2 aliphatic rings. The molecule has 516 valence electrons. The monoisotopic (exact) mass is 1260 g/mol. The minimum Gasteiger partial charge on any atom is -0.394 e. The van der Waals surface area contributed by atoms with Gasteiger partial charge in [0.15, 0.2) is 12.6 Å². The molecule has 0 bridgehead atoms. The summed E-state index contributed by atoms with van der Waals surface area (Å²) in [6.45, 7) is 2.69. The Hall–Kier alpha value is -2.83. The van der Waals surface area contributed by atoms with E-state index in [1.807, 2.05) is 6.08 Å². The average molecular weight is 1260 g/mol. The van der Waals surface area contributed by atoms with Crippen molar-refractivity contribution in [1.29, 1.82) is 0 Å². The van der Waals surface area contributed by atoms with E-state index in [2.05, 4.69) is 92.1 Å². The van der Waals surface area contributed by atoms with Crippen molar-refractivity contribution in [2.24, 2.45) is 0 Å². The molecule has 12 atom stereocenters. The van der Waals surface area contributed by atoms with Crippen LogP contribution in [-0.2, 0) is 23.7 Å². The number of unbranched alkanes of at least 4 members (excludes halogenated alkanes) is 34. The van der Waals surface area contributed by atoms with Gasteiger partial charge in [-0.1, -0.05) is 285 Å². The maximum absolute atomic E-state index is 13.3. The highest BCUT2D eigenvalue weighted by molar-refractivity contribution is 5.76. The van der Waals surface area contributed by atoms with E-state index in [0.29, 0.717) is 12.8 Å². The third-order valence-electron chi connectivity index (χ3n) is 17.3. The first-order chi connectivity index (χ1) is 43.6. The fraction of sp³-hybridized carbons (Fsp3) is 0.800. The van der Waals surface area contributed by atoms with Gasteiger partial charge in [-0.3, -0.25) is 4.79 Å². The number of allylic oxidation sites excluding steroid dienone is 13. The molecule has 1 amide bonds. The van der Waals surface area contributed by atoms with Gasteiger partial charge in [-0.25, -0.2) is 0 Å². The Morgan fingerprint density at radius 3 is 1.24 bits per heavy atom. The van der Waals surface area contributed by atoms with Crippen LogP contribution in [0.4, 0.5) is 0 Å². The molecule has 2 fully saturated rings. The number of ether oxygens (including phenoxy) is 4. The summed E-state index contributed by atoms with van der Waals surface area (Å²) < 4.78 is 22.8. The Morgan fingerprint density at radius 2 is 0.787 bits per heavy atom. The highest BCUT2D eigenvalue weighted by Crippen LogP contribution is 2.30. The predicted octanol–water partition coefficient (Wildman–Crippen LogP) is 15.2. The Bertz CT molecular complexity index is 1820. The van der Waals surface area contributed by atoms with E-state index >= 15 is 0 Å². The fourth-order valence-corrected chi connectivity index (χ4v) is 11.6. The van der Waals surface area contributed by atoms with Crippen molar-refractivity contribution in [3.8, 4) is 0 Å². The molecule has 2 rings (SSSR count). The largest absolute Gasteiger partial charge is 0.394 e. The van der Waals surface area contributed by atoms with Gasteiger partial charge in [0.2, 0.25) is 5.91 Å². The van der Waals surface area contributed by atoms with E-state index in [-0.39, 0.29) is 18.9 Å². The smallest absolute Gasteiger partial charge is 0.220 e. The van der Waals surface area contributed by atoms with Crippen LogP contribution in [0.2, 0.25) is 0 Å². The van der Waals surface area contributed by atoms with Crippen molar-refractivity contribution < 1.29 is 64.6 Å². The van der Waals surface area contributed by atoms with Gasteiger partial charge in [-0.15, -0.1) is 0 Å². The highest BCUT2D eigenvalue weighted by atomic mass is 16.7. The maximum atomic E-state index is 13.3. The summed E-state index contributed by atoms with van der Waals surface area (Å²) in [5, 5.41) is 87.5. The lowest BCUT2D eigenvalue weighted by atomic mass is 9.97. The van der Waals surface area contributed by atoms with Gasteiger partial charge in [0.25, 0.3) is 0 Å². The van der Waals surface area contributed by atoms with Crippen molar-refractivity contribution in [3.05, 3.63) is 85.1 Å². The highest BCUT2D eigenvalue weighted by Gasteiger charge is 2.51. The van der Waals surface area contributed by atoms with E-state index < -0.39 is 86.8 Å². The molecule has 14 heteroatoms. The lowest BCUT2D eigenvalue weighted by Gasteiger charge is -2.46. The van der Waals surface area contributed by atoms with Gasteiger partial charge in [0.1, 0.15) is 48.8 Å². The number of hydrogen-bond acceptors (Lipinski definition) is 13. The van der Waals surface area contributed by atoms with Crippen LogP contribution < -0.4 is 5.32 Å². The molecule has 0 spiro atoms. The zero-order valence-corrected chi connectivity index (χ0v) is 56.2. The fourth-order valence-electron chi connectivity index (χ4n) is 11.6. The second kappa shape index (κ2) is 59.0. The van der Waals surface area contributed by atoms with Gasteiger partial charge < -0.3 is 65.1 Å². The molecule has 0 aromatic carbocycles. The van der Waals surface area contributed by atoms with E-state index in [1.165, 1.54) is 186 Å². The van der Waals surface area contributed by atoms with E-state index in [0.717, 1.165) is 70.6 Å². The van der Waals surface area contributed by atoms with Crippen LogP contribution in [-0.4, -0.2) is 140 Å². The number of nitrogens with one attached hydrogen (secondary N) is 1. The van der Waals surface area contributed by atoms with E-state index in [1.54, 1.807) is 6.08 Å². The summed E-state index contributed by atoms with van der Waals surface area (Å²) in [4.78, 5) is 13.3. The van der Waals surface area contributed by atoms with Crippen LogP contribution in [0.3, 0.4) is 0 Å². The van der Waals surface area contributed by atoms with Crippen LogP contribution in [0, 0.1) is 0 Å². The average Bonchev–Trinajstić information content (AvgIpc) is 2.53. The van der Waals surface area contributed by atoms with Crippen LogP contribution in [0.25, 0.3) is 0 Å². The normalized spacial score (nSPS) is 23.5. The Labute approximate surface area is 541 Å². The minimum absolute atomic E-state index is 0.252. The first-order valence-electron chi connectivity index (χ1n) is 36.3. The number of carbonyl (C=O) groups excluding carboxylic acids is 1. The third-order valence-corrected chi connectivity index (χ3v) is 17.3. The van der Waals surface area contributed by atoms with Crippen LogP contribution in [0.1, 0.15) is 290 Å². The van der Waals surface area contributed by atoms with Crippen molar-refractivity contribution in [1.82, 2.24) is 5.32 Å². The molecular formula is C75H133NO13. The van der Waals surface area contributed by atoms with Gasteiger partial charge in [-0.05, 0) is 83.5 Å². The van der Waals surface area contributed by atoms with Crippen molar-refractivity contribution >= 4 is 5.91 Å². The molecular weight excluding hydrogens is 1120 g/mol. The molecule has 2 heterocycles. The number of aliphatic hydroxyl groups is 8. The summed E-state index contributed by atoms with van der Waals surface area (Å²) in [7, 11) is 0. The summed E-state index contributed by atoms with van der Waals surface area (Å²) in [6, 6.07) is -0.942. The van der Waals surface area contributed by atoms with E-state index in [4.69, 9.17) is 18.9 Å². The quantitative estimate of drug-likeness (QED) is 0.0204. The Morgan fingerprint density at radius 1 is 0.416 bits per heavy atom. The summed E-state index contributed by atoms with van der Waals surface area (Å²) in [6.07, 6.45) is 65.0. The molecule has 2 saturated heterocycles. The zero-order valence-electron chi connectivity index (χ0n) is 56.2. The molecule has 89 heavy (non-hydrogen) atoms. The second-order valence-corrected chi connectivity index (χ2v) is 25.3. The Balaban J connectivity index is 1.68. The van der Waals surface area contributed by atoms with Gasteiger partial charge in [0, 0.05) is 6.42 Å². The minimum atomic E-state index is -1.80. The molecule has 0 aromatic heterocycles. The number of rotatable bonds is 59. The first kappa shape index (κ1) is 82.3. The van der Waals surface area contributed by atoms with E-state index in [9.17, 15) is 45.6 Å². The summed E-state index contributed by atoms with van der Waals surface area (Å²) in [5.74, 6) is -0.252. The molecule has 0 aliphatic carbocycles. The van der Waals surface area contributed by atoms with Gasteiger partial charge in [-0.2, -0.15) is 0 Å². The summed E-state index contributed by atoms with van der Waals surface area (Å²) in [5.41, 5.74) is 0. The van der Waals surface area contributed by atoms with Crippen molar-refractivity contribution in [2.45, 2.75) is 364 Å². The lowest BCUT2D eigenvalue weighted by molar-refractivity contribution is -0.359. The lowest BCUT2D eigenvalue weighted by Crippen LogP contribution is -2.65. The predicted molar refractivity (Wildman–Crippen MR) is 364 cm³/mol. The SMILES string of the molecule is CC/C=C\C/C=C\C/C=C\C/C=C\CCCCCCCCCCCCCCCCCCCCC(=O)NC(COC1OC(CO)C(OC2OC(CO)C(O)C(O)C2O)C(O)C1O)C(O)/C=C/CC/C=C/CC/C=C/CCCCCCCCCCCCCCCC. The molecule has 9 N–H and O–H groups in total. The topological polar surface area (TPSA) is 228 Å². The number of aliphatic hydroxyl groups excluding tert-OH is 8. The van der Waals surface area contributed by atoms with Crippen molar-refractivity contribution in [3.63, 3.8) is 0 Å². The molecule has 2 aliphatic heterocycles. The summed E-state index contributed by atoms with van der Waals surface area (Å²) >= 11 is 0. The van der Waals surface area contributed by atoms with Crippen LogP contribution >= 0.6 is 0 Å². The first-order valence-corrected chi connectivity index (χ1v) is 36.3. The number of amides is 1. The number of hydrogen-bond donors (Lipinski definition) is 9. The molecule has 12 unspecified atom stereocenters. The molecule has 0 saturated carbocycles. The van der Waals surface area contributed by atoms with Gasteiger partial charge in [0.05, 0.1) is 32.0 Å². The zero-order chi connectivity index (χ0) is 64.5. The maximum Gasteiger partial charge on any atom is 0.220 e. The third kappa shape index (κ3) is 42.9. The van der Waals surface area contributed by atoms with Crippen molar-refractivity contribution in [2.75, 3.05) is 19.8 Å². The molecule has 0 aromatic rings. The number of carbonyl (C=O) groups is 1. The standard InChI is InChI=1S/C75H133NO13/c1-3-5-7-9-11-13-15-17-19-21-23-25-27-29-30-31-32-33-34-35-37-39-41-43-45-47-49-51-53-55-57-59-67(80)76-63(62-86-74-72(85)70(83)73(66(61-78)88-74)89-75-71(84)69(82)68(81)65(60-77)87-75)64(79)58-56-54-52-50-48-46-44-42-40-38-36-28-26-24-22-20-18-16-14-12-10-8-6-4-2/h5,7,11,13,17,19,23,25,40,42,48,50,56,58,63-66,68-75,77-79,81-85H,3-4,6,8-10,12,14-16,18,20-22,24,26-39,41,43-47,49,51-55,57,59-62H2,1-2H3,(H,76,80)/b7-5-,13-11-,19-17-,25-23-,42-40+,50-48+,58-56+. The molecule has 14 nitrogen and oxygen atoms in total.